The SMILES string of the molecule is CC1C(=O)NN=C2COc3ccc(NC4(C(C)C)CNC4)cc3N21.O=C(O)C(F)(F)F. The minimum atomic E-state index is -5.08. The van der Waals surface area contributed by atoms with Crippen LogP contribution in [0.1, 0.15) is 20.8 Å². The zero-order valence-electron chi connectivity index (χ0n) is 17.2. The van der Waals surface area contributed by atoms with Gasteiger partial charge in [0.2, 0.25) is 0 Å². The normalized spacial score (nSPS) is 21.3. The highest BCUT2D eigenvalue weighted by Crippen LogP contribution is 2.38. The number of rotatable bonds is 3. The number of halogens is 3. The molecule has 0 bridgehead atoms. The van der Waals surface area contributed by atoms with Crippen LogP contribution in [0, 0.1) is 5.92 Å². The maximum absolute atomic E-state index is 12.0. The summed E-state index contributed by atoms with van der Waals surface area (Å²) in [4.78, 5) is 22.9. The molecule has 170 valence electrons. The Hall–Kier alpha value is -3.02. The Balaban J connectivity index is 0.000000339. The van der Waals surface area contributed by atoms with E-state index in [1.165, 1.54) is 0 Å². The lowest BCUT2D eigenvalue weighted by Crippen LogP contribution is -2.67. The van der Waals surface area contributed by atoms with Crippen molar-refractivity contribution in [2.75, 3.05) is 29.9 Å². The number of benzene rings is 1. The van der Waals surface area contributed by atoms with E-state index in [0.29, 0.717) is 12.5 Å². The van der Waals surface area contributed by atoms with Gasteiger partial charge >= 0.3 is 12.1 Å². The second-order valence-corrected chi connectivity index (χ2v) is 7.86. The number of aliphatic carboxylic acids is 1. The topological polar surface area (TPSA) is 115 Å². The second kappa shape index (κ2) is 8.25. The molecule has 1 aromatic rings. The van der Waals surface area contributed by atoms with Crippen LogP contribution in [0.3, 0.4) is 0 Å². The fourth-order valence-electron chi connectivity index (χ4n) is 3.43. The van der Waals surface area contributed by atoms with E-state index in [1.54, 1.807) is 0 Å². The fraction of sp³-hybridized carbons (Fsp3) is 0.526. The minimum absolute atomic E-state index is 0.0750. The molecule has 12 heteroatoms. The molecule has 1 fully saturated rings. The maximum Gasteiger partial charge on any atom is 0.490 e. The highest BCUT2D eigenvalue weighted by Gasteiger charge is 2.41. The molecular weight excluding hydrogens is 419 g/mol. The van der Waals surface area contributed by atoms with Crippen LogP contribution in [0.4, 0.5) is 24.5 Å². The van der Waals surface area contributed by atoms with E-state index < -0.39 is 12.1 Å². The fourth-order valence-corrected chi connectivity index (χ4v) is 3.43. The molecule has 1 aromatic carbocycles. The van der Waals surface area contributed by atoms with Crippen LogP contribution >= 0.6 is 0 Å². The Morgan fingerprint density at radius 3 is 2.55 bits per heavy atom. The molecule has 3 aliphatic rings. The third kappa shape index (κ3) is 4.53. The van der Waals surface area contributed by atoms with E-state index in [-0.39, 0.29) is 17.5 Å². The molecule has 3 heterocycles. The van der Waals surface area contributed by atoms with Crippen molar-refractivity contribution in [1.29, 1.82) is 0 Å². The van der Waals surface area contributed by atoms with Gasteiger partial charge in [0.1, 0.15) is 18.4 Å². The Labute approximate surface area is 176 Å². The van der Waals surface area contributed by atoms with E-state index in [2.05, 4.69) is 41.1 Å². The summed E-state index contributed by atoms with van der Waals surface area (Å²) in [6.07, 6.45) is -5.08. The van der Waals surface area contributed by atoms with Crippen molar-refractivity contribution >= 4 is 29.1 Å². The van der Waals surface area contributed by atoms with Crippen molar-refractivity contribution < 1.29 is 32.6 Å². The minimum Gasteiger partial charge on any atom is -0.483 e. The first-order valence-electron chi connectivity index (χ1n) is 9.66. The maximum atomic E-state index is 12.0. The number of carboxylic acids is 1. The standard InChI is InChI=1S/C17H23N5O2.C2HF3O2/c1-10(2)17(8-18-9-17)19-12-4-5-14-13(6-12)22-11(3)16(23)21-20-15(22)7-24-14;3-2(4,5)1(6)7/h4-6,10-11,18-19H,7-9H2,1-3H3,(H,21,23);(H,6,7). The van der Waals surface area contributed by atoms with E-state index in [0.717, 1.165) is 36.0 Å². The van der Waals surface area contributed by atoms with Crippen molar-refractivity contribution in [2.45, 2.75) is 38.5 Å². The summed E-state index contributed by atoms with van der Waals surface area (Å²) in [6.45, 7) is 8.62. The van der Waals surface area contributed by atoms with E-state index >= 15 is 0 Å². The molecular formula is C19H24F3N5O4. The van der Waals surface area contributed by atoms with Crippen LogP contribution in [0.15, 0.2) is 23.3 Å². The summed E-state index contributed by atoms with van der Waals surface area (Å²) < 4.78 is 37.5. The highest BCUT2D eigenvalue weighted by atomic mass is 19.4. The predicted molar refractivity (Wildman–Crippen MR) is 107 cm³/mol. The van der Waals surface area contributed by atoms with Crippen molar-refractivity contribution in [3.05, 3.63) is 18.2 Å². The van der Waals surface area contributed by atoms with Crippen molar-refractivity contribution in [3.63, 3.8) is 0 Å². The van der Waals surface area contributed by atoms with Gasteiger partial charge in [-0.05, 0) is 31.0 Å². The van der Waals surface area contributed by atoms with E-state index in [1.807, 2.05) is 24.0 Å². The van der Waals surface area contributed by atoms with Crippen LogP contribution in [-0.2, 0) is 9.59 Å². The van der Waals surface area contributed by atoms with Crippen molar-refractivity contribution in [1.82, 2.24) is 10.7 Å². The summed E-state index contributed by atoms with van der Waals surface area (Å²) in [6, 6.07) is 5.76. The van der Waals surface area contributed by atoms with Gasteiger partial charge in [-0.3, -0.25) is 4.79 Å². The first kappa shape index (κ1) is 22.7. The molecule has 4 N–H and O–H groups in total. The van der Waals surface area contributed by atoms with Gasteiger partial charge in [-0.2, -0.15) is 18.3 Å². The number of amidine groups is 1. The number of carbonyl (C=O) groups is 2. The zero-order chi connectivity index (χ0) is 23.0. The molecule has 0 spiro atoms. The number of fused-ring (bicyclic) bond motifs is 3. The van der Waals surface area contributed by atoms with Crippen LogP contribution in [0.2, 0.25) is 0 Å². The van der Waals surface area contributed by atoms with Crippen LogP contribution in [0.5, 0.6) is 5.75 Å². The first-order valence-corrected chi connectivity index (χ1v) is 9.66. The van der Waals surface area contributed by atoms with Gasteiger partial charge in [0, 0.05) is 18.8 Å². The molecule has 0 aromatic heterocycles. The molecule has 1 saturated heterocycles. The van der Waals surface area contributed by atoms with Gasteiger partial charge in [-0.1, -0.05) is 13.8 Å². The summed E-state index contributed by atoms with van der Waals surface area (Å²) >= 11 is 0. The quantitative estimate of drug-likeness (QED) is 0.563. The molecule has 31 heavy (non-hydrogen) atoms. The number of hydrazone groups is 1. The average molecular weight is 443 g/mol. The third-order valence-electron chi connectivity index (χ3n) is 5.54. The summed E-state index contributed by atoms with van der Waals surface area (Å²) in [5.74, 6) is -0.829. The van der Waals surface area contributed by atoms with Crippen molar-refractivity contribution in [3.8, 4) is 5.75 Å². The third-order valence-corrected chi connectivity index (χ3v) is 5.54. The molecule has 3 aliphatic heterocycles. The predicted octanol–water partition coefficient (Wildman–Crippen LogP) is 1.76. The second-order valence-electron chi connectivity index (χ2n) is 7.86. The lowest BCUT2D eigenvalue weighted by molar-refractivity contribution is -0.192. The monoisotopic (exact) mass is 443 g/mol. The number of alkyl halides is 3. The molecule has 1 unspecified atom stereocenters. The lowest BCUT2D eigenvalue weighted by atomic mass is 9.80. The zero-order valence-corrected chi connectivity index (χ0v) is 17.2. The Morgan fingerprint density at radius 2 is 2.03 bits per heavy atom. The first-order chi connectivity index (χ1) is 14.4. The van der Waals surface area contributed by atoms with E-state index in [9.17, 15) is 18.0 Å². The van der Waals surface area contributed by atoms with Crippen LogP contribution < -0.4 is 25.7 Å². The van der Waals surface area contributed by atoms with Gasteiger partial charge in [-0.25, -0.2) is 10.2 Å². The van der Waals surface area contributed by atoms with Gasteiger partial charge in [-0.15, -0.1) is 0 Å². The summed E-state index contributed by atoms with van der Waals surface area (Å²) in [5, 5.41) is 18.3. The van der Waals surface area contributed by atoms with Crippen LogP contribution in [0.25, 0.3) is 0 Å². The number of hydrogen-bond donors (Lipinski definition) is 4. The number of carbonyl (C=O) groups excluding carboxylic acids is 1. The number of carboxylic acid groups (broad SMARTS) is 1. The van der Waals surface area contributed by atoms with Gasteiger partial charge in [0.15, 0.2) is 5.84 Å². The molecule has 0 saturated carbocycles. The molecule has 4 rings (SSSR count). The lowest BCUT2D eigenvalue weighted by Gasteiger charge is -2.47. The number of anilines is 2. The summed E-state index contributed by atoms with van der Waals surface area (Å²) in [5.41, 5.74) is 4.55. The molecule has 1 atom stereocenters. The Morgan fingerprint density at radius 1 is 1.39 bits per heavy atom. The van der Waals surface area contributed by atoms with Crippen molar-refractivity contribution in [2.24, 2.45) is 11.0 Å². The number of nitrogens with one attached hydrogen (secondary N) is 3. The largest absolute Gasteiger partial charge is 0.490 e. The molecule has 9 nitrogen and oxygen atoms in total. The number of amides is 1. The Bertz CT molecular complexity index is 899. The average Bonchev–Trinajstić information content (AvgIpc) is 2.66. The van der Waals surface area contributed by atoms with Gasteiger partial charge in [0.25, 0.3) is 5.91 Å². The van der Waals surface area contributed by atoms with Gasteiger partial charge in [0.05, 0.1) is 11.2 Å². The number of nitrogens with zero attached hydrogens (tertiary/aromatic N) is 2. The van der Waals surface area contributed by atoms with Gasteiger partial charge < -0.3 is 25.4 Å². The summed E-state index contributed by atoms with van der Waals surface area (Å²) in [7, 11) is 0. The molecule has 0 radical (unpaired) electrons. The number of hydrogen-bond acceptors (Lipinski definition) is 7. The molecule has 1 amide bonds. The number of ether oxygens (including phenoxy) is 1. The van der Waals surface area contributed by atoms with E-state index in [4.69, 9.17) is 14.6 Å². The highest BCUT2D eigenvalue weighted by molar-refractivity contribution is 6.09. The Kier molecular flexibility index (Phi) is 6.03. The molecule has 0 aliphatic carbocycles. The van der Waals surface area contributed by atoms with Crippen LogP contribution in [-0.4, -0.2) is 60.3 Å². The smallest absolute Gasteiger partial charge is 0.483 e.